The minimum absolute atomic E-state index is 0. The molecule has 4 nitrogen and oxygen atoms in total. The van der Waals surface area contributed by atoms with Crippen LogP contribution in [0.5, 0.6) is 0 Å². The number of phosphoric ester groups is 1. The average molecular weight is 198 g/mol. The monoisotopic (exact) mass is 198 g/mol. The quantitative estimate of drug-likeness (QED) is 0.363. The van der Waals surface area contributed by atoms with Crippen LogP contribution in [0.4, 0.5) is 0 Å². The van der Waals surface area contributed by atoms with Gasteiger partial charge in [-0.2, -0.15) is 0 Å². The van der Waals surface area contributed by atoms with Crippen molar-refractivity contribution < 1.29 is 18.9 Å². The molecule has 0 rings (SSSR count). The van der Waals surface area contributed by atoms with E-state index in [4.69, 9.17) is 0 Å². The molecule has 38 valence electrons. The molecule has 0 spiro atoms. The topological polar surface area (TPSA) is 72.4 Å². The first kappa shape index (κ1) is 11.4. The van der Waals surface area contributed by atoms with Crippen LogP contribution < -0.4 is 9.79 Å². The summed E-state index contributed by atoms with van der Waals surface area (Å²) in [6.07, 6.45) is 0. The molecule has 6 heteroatoms. The van der Waals surface area contributed by atoms with Crippen molar-refractivity contribution in [1.82, 2.24) is 0 Å². The SMILES string of the molecule is COP(=O)([O-])[O-].[Sr+2]. The molecule has 0 bridgehead atoms. The van der Waals surface area contributed by atoms with Crippen LogP contribution in [0.25, 0.3) is 0 Å². The Morgan fingerprint density at radius 2 is 1.71 bits per heavy atom. The first-order chi connectivity index (χ1) is 2.56. The molecule has 0 saturated carbocycles. The van der Waals surface area contributed by atoms with E-state index in [2.05, 4.69) is 4.52 Å². The first-order valence-electron chi connectivity index (χ1n) is 1.14. The fourth-order valence-corrected chi connectivity index (χ4v) is 0. The Morgan fingerprint density at radius 3 is 1.71 bits per heavy atom. The fourth-order valence-electron chi connectivity index (χ4n) is 0. The summed E-state index contributed by atoms with van der Waals surface area (Å²) in [4.78, 5) is 18.5. The van der Waals surface area contributed by atoms with Crippen LogP contribution in [0.15, 0.2) is 0 Å². The number of hydrogen-bond donors (Lipinski definition) is 0. The van der Waals surface area contributed by atoms with Gasteiger partial charge in [-0.25, -0.2) is 0 Å². The van der Waals surface area contributed by atoms with E-state index in [1.54, 1.807) is 0 Å². The Balaban J connectivity index is 0. The zero-order valence-electron chi connectivity index (χ0n) is 3.79. The molecule has 0 heterocycles. The Morgan fingerprint density at radius 1 is 1.57 bits per heavy atom. The van der Waals surface area contributed by atoms with E-state index >= 15 is 0 Å². The molecule has 0 aliphatic heterocycles. The molecular weight excluding hydrogens is 195 g/mol. The number of phosphoric acid groups is 1. The van der Waals surface area contributed by atoms with E-state index in [-0.39, 0.29) is 45.5 Å². The van der Waals surface area contributed by atoms with Crippen molar-refractivity contribution >= 4 is 53.3 Å². The molecule has 7 heavy (non-hydrogen) atoms. The van der Waals surface area contributed by atoms with Crippen LogP contribution in [-0.4, -0.2) is 52.6 Å². The normalized spacial score (nSPS) is 10.1. The third-order valence-electron chi connectivity index (χ3n) is 0.224. The summed E-state index contributed by atoms with van der Waals surface area (Å²) < 4.78 is 12.6. The summed E-state index contributed by atoms with van der Waals surface area (Å²) in [5, 5.41) is 0. The third kappa shape index (κ3) is 11.3. The van der Waals surface area contributed by atoms with Gasteiger partial charge in [0, 0.05) is 7.11 Å². The van der Waals surface area contributed by atoms with Crippen molar-refractivity contribution in [1.29, 1.82) is 0 Å². The summed E-state index contributed by atoms with van der Waals surface area (Å²) in [5.74, 6) is 0. The molecule has 0 aromatic carbocycles. The van der Waals surface area contributed by atoms with E-state index in [1.807, 2.05) is 0 Å². The summed E-state index contributed by atoms with van der Waals surface area (Å²) in [5.41, 5.74) is 0. The molecule has 0 aromatic heterocycles. The molecule has 0 aliphatic carbocycles. The second-order valence-electron chi connectivity index (χ2n) is 0.630. The molecule has 0 atom stereocenters. The minimum atomic E-state index is -4.65. The van der Waals surface area contributed by atoms with E-state index < -0.39 is 7.82 Å². The maximum Gasteiger partial charge on any atom is 2.00 e. The van der Waals surface area contributed by atoms with Crippen LogP contribution in [0, 0.1) is 0 Å². The van der Waals surface area contributed by atoms with Gasteiger partial charge in [-0.15, -0.1) is 0 Å². The average Bonchev–Trinajstić information content (AvgIpc) is 1.35. The van der Waals surface area contributed by atoms with Gasteiger partial charge in [0.2, 0.25) is 0 Å². The Hall–Kier alpha value is 1.59. The van der Waals surface area contributed by atoms with Crippen LogP contribution in [-0.2, 0) is 9.09 Å². The van der Waals surface area contributed by atoms with E-state index in [9.17, 15) is 14.4 Å². The van der Waals surface area contributed by atoms with Gasteiger partial charge in [0.25, 0.3) is 0 Å². The van der Waals surface area contributed by atoms with Crippen LogP contribution in [0.3, 0.4) is 0 Å². The summed E-state index contributed by atoms with van der Waals surface area (Å²) >= 11 is 0. The zero-order chi connectivity index (χ0) is 5.21. The van der Waals surface area contributed by atoms with Crippen molar-refractivity contribution in [3.8, 4) is 0 Å². The van der Waals surface area contributed by atoms with E-state index in [0.717, 1.165) is 7.11 Å². The standard InChI is InChI=1S/CH5O4P.Sr/c1-5-6(2,3)4;/h1H3,(H2,2,3,4);/q;+2/p-2. The minimum Gasteiger partial charge on any atom is -0.790 e. The van der Waals surface area contributed by atoms with Gasteiger partial charge < -0.3 is 18.9 Å². The molecule has 0 aliphatic rings. The third-order valence-corrected chi connectivity index (χ3v) is 0.671. The molecule has 0 aromatic rings. The molecule has 0 amide bonds. The molecule has 0 unspecified atom stereocenters. The molecule has 0 fully saturated rings. The van der Waals surface area contributed by atoms with Crippen LogP contribution in [0.2, 0.25) is 0 Å². The predicted octanol–water partition coefficient (Wildman–Crippen LogP) is -1.92. The molecular formula is CH3O4PSr. The Labute approximate surface area is 78.4 Å². The fraction of sp³-hybridized carbons (Fsp3) is 1.00. The molecule has 0 N–H and O–H groups in total. The second kappa shape index (κ2) is 4.47. The van der Waals surface area contributed by atoms with Gasteiger partial charge in [-0.05, 0) is 0 Å². The first-order valence-corrected chi connectivity index (χ1v) is 2.60. The van der Waals surface area contributed by atoms with Crippen molar-refractivity contribution in [3.63, 3.8) is 0 Å². The van der Waals surface area contributed by atoms with Crippen molar-refractivity contribution in [2.24, 2.45) is 0 Å². The Kier molecular flexibility index (Phi) is 7.27. The molecule has 0 radical (unpaired) electrons. The maximum absolute atomic E-state index is 9.25. The van der Waals surface area contributed by atoms with Gasteiger partial charge in [0.15, 0.2) is 0 Å². The van der Waals surface area contributed by atoms with E-state index in [0.29, 0.717) is 0 Å². The summed E-state index contributed by atoms with van der Waals surface area (Å²) in [6, 6.07) is 0. The van der Waals surface area contributed by atoms with Gasteiger partial charge in [-0.1, -0.05) is 0 Å². The van der Waals surface area contributed by atoms with Gasteiger partial charge in [-0.3, -0.25) is 0 Å². The second-order valence-corrected chi connectivity index (χ2v) is 1.89. The largest absolute Gasteiger partial charge is 2.00 e. The Bertz CT molecular complexity index is 75.8. The van der Waals surface area contributed by atoms with Crippen LogP contribution >= 0.6 is 7.82 Å². The molecule has 0 saturated heterocycles. The number of rotatable bonds is 1. The zero-order valence-corrected chi connectivity index (χ0v) is 8.16. The van der Waals surface area contributed by atoms with Crippen LogP contribution in [0.1, 0.15) is 0 Å². The van der Waals surface area contributed by atoms with E-state index in [1.165, 1.54) is 0 Å². The van der Waals surface area contributed by atoms with Crippen molar-refractivity contribution in [2.45, 2.75) is 0 Å². The summed E-state index contributed by atoms with van der Waals surface area (Å²) in [7, 11) is -3.83. The number of hydrogen-bond acceptors (Lipinski definition) is 4. The van der Waals surface area contributed by atoms with Crippen molar-refractivity contribution in [3.05, 3.63) is 0 Å². The maximum atomic E-state index is 9.25. The van der Waals surface area contributed by atoms with Gasteiger partial charge in [0.05, 0.1) is 7.82 Å². The van der Waals surface area contributed by atoms with Gasteiger partial charge >= 0.3 is 45.5 Å². The van der Waals surface area contributed by atoms with Crippen molar-refractivity contribution in [2.75, 3.05) is 7.11 Å². The predicted molar refractivity (Wildman–Crippen MR) is 20.4 cm³/mol. The smallest absolute Gasteiger partial charge is 0.790 e. The summed E-state index contributed by atoms with van der Waals surface area (Å²) in [6.45, 7) is 0. The van der Waals surface area contributed by atoms with Gasteiger partial charge in [0.1, 0.15) is 0 Å².